The van der Waals surface area contributed by atoms with Gasteiger partial charge >= 0.3 is 6.03 Å². The van der Waals surface area contributed by atoms with Crippen LogP contribution in [0.3, 0.4) is 0 Å². The third-order valence-corrected chi connectivity index (χ3v) is 4.36. The second kappa shape index (κ2) is 10.3. The van der Waals surface area contributed by atoms with Crippen LogP contribution in [0, 0.1) is 0 Å². The third-order valence-electron chi connectivity index (χ3n) is 4.36. The van der Waals surface area contributed by atoms with E-state index >= 15 is 0 Å². The molecular weight excluding hydrogens is 374 g/mol. The van der Waals surface area contributed by atoms with Crippen molar-refractivity contribution in [2.24, 2.45) is 5.73 Å². The second-order valence-corrected chi connectivity index (χ2v) is 6.45. The lowest BCUT2D eigenvalue weighted by Crippen LogP contribution is -2.38. The van der Waals surface area contributed by atoms with E-state index in [4.69, 9.17) is 15.2 Å². The Morgan fingerprint density at radius 2 is 1.97 bits per heavy atom. The summed E-state index contributed by atoms with van der Waals surface area (Å²) < 4.78 is 10.9. The maximum absolute atomic E-state index is 12.4. The highest BCUT2D eigenvalue weighted by molar-refractivity contribution is 5.90. The van der Waals surface area contributed by atoms with Crippen molar-refractivity contribution < 1.29 is 19.1 Å². The van der Waals surface area contributed by atoms with Crippen molar-refractivity contribution in [3.8, 4) is 5.75 Å². The van der Waals surface area contributed by atoms with Gasteiger partial charge in [0.25, 0.3) is 0 Å². The number of rotatable bonds is 8. The fraction of sp³-hybridized carbons (Fsp3) is 0.350. The molecule has 4 N–H and O–H groups in total. The van der Waals surface area contributed by atoms with Crippen LogP contribution in [0.1, 0.15) is 12.0 Å². The first kappa shape index (κ1) is 20.4. The molecule has 9 heteroatoms. The highest BCUT2D eigenvalue weighted by Gasteiger charge is 2.16. The molecule has 9 nitrogen and oxygen atoms in total. The summed E-state index contributed by atoms with van der Waals surface area (Å²) in [7, 11) is 0. The number of benzene rings is 1. The van der Waals surface area contributed by atoms with Gasteiger partial charge in [-0.3, -0.25) is 4.79 Å². The lowest BCUT2D eigenvalue weighted by molar-refractivity contribution is -0.118. The molecule has 29 heavy (non-hydrogen) atoms. The molecule has 0 aliphatic carbocycles. The van der Waals surface area contributed by atoms with E-state index in [0.29, 0.717) is 31.2 Å². The largest absolute Gasteiger partial charge is 0.491 e. The van der Waals surface area contributed by atoms with E-state index in [1.165, 1.54) is 0 Å². The highest BCUT2D eigenvalue weighted by Crippen LogP contribution is 2.24. The van der Waals surface area contributed by atoms with Crippen LogP contribution < -0.4 is 26.0 Å². The van der Waals surface area contributed by atoms with Crippen LogP contribution in [0.2, 0.25) is 0 Å². The Morgan fingerprint density at radius 1 is 1.17 bits per heavy atom. The summed E-state index contributed by atoms with van der Waals surface area (Å²) in [5, 5.41) is 5.62. The second-order valence-electron chi connectivity index (χ2n) is 6.45. The summed E-state index contributed by atoms with van der Waals surface area (Å²) in [6.45, 7) is 3.34. The molecule has 3 rings (SSSR count). The van der Waals surface area contributed by atoms with Gasteiger partial charge in [-0.25, -0.2) is 9.78 Å². The van der Waals surface area contributed by atoms with Crippen LogP contribution >= 0.6 is 0 Å². The number of amides is 3. The van der Waals surface area contributed by atoms with Gasteiger partial charge in [0.2, 0.25) is 5.91 Å². The molecule has 2 heterocycles. The van der Waals surface area contributed by atoms with Crippen LogP contribution in [-0.2, 0) is 16.1 Å². The molecule has 1 aliphatic heterocycles. The zero-order valence-electron chi connectivity index (χ0n) is 16.1. The van der Waals surface area contributed by atoms with Crippen molar-refractivity contribution in [3.63, 3.8) is 0 Å². The average Bonchev–Trinajstić information content (AvgIpc) is 2.74. The first-order valence-corrected chi connectivity index (χ1v) is 9.45. The van der Waals surface area contributed by atoms with E-state index in [2.05, 4.69) is 20.5 Å². The standard InChI is InChI=1S/C20H25N5O4/c21-18(26)7-11-29-17-6-2-1-5-16(17)24-20(27)23-14-15-4-3-8-22-19(15)25-9-12-28-13-10-25/h1-6,8H,7,9-14H2,(H2,21,26)(H2,23,24,27). The van der Waals surface area contributed by atoms with Gasteiger partial charge in [-0.05, 0) is 18.2 Å². The first-order chi connectivity index (χ1) is 14.1. The number of morpholine rings is 1. The quantitative estimate of drug-likeness (QED) is 0.619. The van der Waals surface area contributed by atoms with E-state index in [9.17, 15) is 9.59 Å². The number of primary amides is 1. The number of aromatic nitrogens is 1. The fourth-order valence-electron chi connectivity index (χ4n) is 2.93. The molecule has 0 bridgehead atoms. The van der Waals surface area contributed by atoms with E-state index in [1.54, 1.807) is 30.5 Å². The molecule has 3 amide bonds. The van der Waals surface area contributed by atoms with Crippen LogP contribution in [0.4, 0.5) is 16.3 Å². The molecule has 0 unspecified atom stereocenters. The lowest BCUT2D eigenvalue weighted by Gasteiger charge is -2.29. The SMILES string of the molecule is NC(=O)CCOc1ccccc1NC(=O)NCc1cccnc1N1CCOCC1. The average molecular weight is 399 g/mol. The highest BCUT2D eigenvalue weighted by atomic mass is 16.5. The maximum atomic E-state index is 12.4. The predicted molar refractivity (Wildman–Crippen MR) is 109 cm³/mol. The summed E-state index contributed by atoms with van der Waals surface area (Å²) in [5.74, 6) is 0.881. The van der Waals surface area contributed by atoms with Gasteiger partial charge in [0.05, 0.1) is 31.9 Å². The van der Waals surface area contributed by atoms with Crippen LogP contribution in [0.15, 0.2) is 42.6 Å². The van der Waals surface area contributed by atoms with Crippen LogP contribution in [-0.4, -0.2) is 49.8 Å². The van der Waals surface area contributed by atoms with Crippen molar-refractivity contribution >= 4 is 23.4 Å². The van der Waals surface area contributed by atoms with Gasteiger partial charge in [-0.1, -0.05) is 18.2 Å². The number of carbonyl (C=O) groups excluding carboxylic acids is 2. The number of ether oxygens (including phenoxy) is 2. The Hall–Kier alpha value is -3.33. The van der Waals surface area contributed by atoms with Crippen LogP contribution in [0.5, 0.6) is 5.75 Å². The number of nitrogens with two attached hydrogens (primary N) is 1. The number of anilines is 2. The number of urea groups is 1. The van der Waals surface area contributed by atoms with Crippen molar-refractivity contribution in [1.29, 1.82) is 0 Å². The van der Waals surface area contributed by atoms with E-state index in [-0.39, 0.29) is 19.1 Å². The molecule has 1 aromatic carbocycles. The van der Waals surface area contributed by atoms with Gasteiger partial charge in [0, 0.05) is 31.4 Å². The first-order valence-electron chi connectivity index (χ1n) is 9.45. The smallest absolute Gasteiger partial charge is 0.319 e. The molecule has 0 saturated carbocycles. The minimum Gasteiger partial charge on any atom is -0.491 e. The molecular formula is C20H25N5O4. The number of para-hydroxylation sites is 2. The number of nitrogens with one attached hydrogen (secondary N) is 2. The molecule has 1 saturated heterocycles. The van der Waals surface area contributed by atoms with Gasteiger partial charge in [-0.2, -0.15) is 0 Å². The zero-order chi connectivity index (χ0) is 20.5. The van der Waals surface area contributed by atoms with E-state index < -0.39 is 5.91 Å². The summed E-state index contributed by atoms with van der Waals surface area (Å²) in [5.41, 5.74) is 6.56. The topological polar surface area (TPSA) is 119 Å². The normalized spacial score (nSPS) is 13.6. The third kappa shape index (κ3) is 6.08. The van der Waals surface area contributed by atoms with Crippen molar-refractivity contribution in [2.75, 3.05) is 43.1 Å². The van der Waals surface area contributed by atoms with Gasteiger partial charge < -0.3 is 30.7 Å². The van der Waals surface area contributed by atoms with Crippen molar-refractivity contribution in [3.05, 3.63) is 48.2 Å². The van der Waals surface area contributed by atoms with Crippen molar-refractivity contribution in [2.45, 2.75) is 13.0 Å². The van der Waals surface area contributed by atoms with Gasteiger partial charge in [0.15, 0.2) is 0 Å². The van der Waals surface area contributed by atoms with E-state index in [0.717, 1.165) is 24.5 Å². The molecule has 0 radical (unpaired) electrons. The summed E-state index contributed by atoms with van der Waals surface area (Å²) in [4.78, 5) is 29.9. The Bertz CT molecular complexity index is 839. The molecule has 1 aromatic heterocycles. The monoisotopic (exact) mass is 399 g/mol. The minimum atomic E-state index is -0.444. The number of hydrogen-bond donors (Lipinski definition) is 3. The maximum Gasteiger partial charge on any atom is 0.319 e. The Labute approximate surface area is 169 Å². The summed E-state index contributed by atoms with van der Waals surface area (Å²) in [6, 6.07) is 10.4. The Kier molecular flexibility index (Phi) is 7.23. The Morgan fingerprint density at radius 3 is 2.76 bits per heavy atom. The predicted octanol–water partition coefficient (Wildman–Crippen LogP) is 1.49. The molecule has 0 atom stereocenters. The van der Waals surface area contributed by atoms with Gasteiger partial charge in [-0.15, -0.1) is 0 Å². The molecule has 2 aromatic rings. The summed E-state index contributed by atoms with van der Waals surface area (Å²) >= 11 is 0. The number of pyridine rings is 1. The van der Waals surface area contributed by atoms with Gasteiger partial charge in [0.1, 0.15) is 11.6 Å². The summed E-state index contributed by atoms with van der Waals surface area (Å²) in [6.07, 6.45) is 1.85. The van der Waals surface area contributed by atoms with Crippen molar-refractivity contribution in [1.82, 2.24) is 10.3 Å². The molecule has 1 fully saturated rings. The molecule has 0 spiro atoms. The Balaban J connectivity index is 1.58. The molecule has 154 valence electrons. The number of hydrogen-bond acceptors (Lipinski definition) is 6. The zero-order valence-corrected chi connectivity index (χ0v) is 16.1. The van der Waals surface area contributed by atoms with E-state index in [1.807, 2.05) is 12.1 Å². The molecule has 1 aliphatic rings. The lowest BCUT2D eigenvalue weighted by atomic mass is 10.2. The van der Waals surface area contributed by atoms with Crippen LogP contribution in [0.25, 0.3) is 0 Å². The number of nitrogens with zero attached hydrogens (tertiary/aromatic N) is 2. The minimum absolute atomic E-state index is 0.103. The fourth-order valence-corrected chi connectivity index (χ4v) is 2.93. The number of carbonyl (C=O) groups is 2.